The van der Waals surface area contributed by atoms with Crippen LogP contribution in [-0.4, -0.2) is 4.92 Å². The van der Waals surface area contributed by atoms with Gasteiger partial charge in [0.2, 0.25) is 0 Å². The second kappa shape index (κ2) is 5.33. The Morgan fingerprint density at radius 3 is 2.21 bits per heavy atom. The molecule has 98 valence electrons. The number of rotatable bonds is 2. The van der Waals surface area contributed by atoms with Crippen molar-refractivity contribution in [2.24, 2.45) is 0 Å². The van der Waals surface area contributed by atoms with Gasteiger partial charge in [-0.15, -0.1) is 0 Å². The largest absolute Gasteiger partial charge is 0.272 e. The van der Waals surface area contributed by atoms with Crippen molar-refractivity contribution >= 4 is 40.5 Å². The predicted octanol–water partition coefficient (Wildman–Crippen LogP) is 5.36. The number of nitro benzene ring substituents is 1. The van der Waals surface area contributed by atoms with Crippen molar-refractivity contribution in [1.29, 1.82) is 0 Å². The molecular weight excluding hydrogens is 315 g/mol. The van der Waals surface area contributed by atoms with E-state index in [0.29, 0.717) is 5.56 Å². The van der Waals surface area contributed by atoms with E-state index < -0.39 is 10.7 Å². The zero-order valence-electron chi connectivity index (χ0n) is 9.16. The van der Waals surface area contributed by atoms with Crippen molar-refractivity contribution in [3.05, 3.63) is 61.3 Å². The van der Waals surface area contributed by atoms with Crippen molar-refractivity contribution in [1.82, 2.24) is 0 Å². The summed E-state index contributed by atoms with van der Waals surface area (Å²) in [7, 11) is 0. The zero-order valence-corrected chi connectivity index (χ0v) is 11.4. The van der Waals surface area contributed by atoms with E-state index in [2.05, 4.69) is 0 Å². The van der Waals surface area contributed by atoms with Crippen molar-refractivity contribution in [2.75, 3.05) is 0 Å². The molecule has 3 nitrogen and oxygen atoms in total. The first kappa shape index (κ1) is 14.1. The smallest absolute Gasteiger partial charge is 0.258 e. The van der Waals surface area contributed by atoms with Crippen LogP contribution in [0.2, 0.25) is 15.1 Å². The highest BCUT2D eigenvalue weighted by molar-refractivity contribution is 6.44. The Balaban J connectivity index is 2.65. The lowest BCUT2D eigenvalue weighted by Crippen LogP contribution is -1.91. The first-order valence-electron chi connectivity index (χ1n) is 4.98. The summed E-state index contributed by atoms with van der Waals surface area (Å²) in [5.74, 6) is -0.730. The molecule has 0 aromatic heterocycles. The van der Waals surface area contributed by atoms with Gasteiger partial charge in [0, 0.05) is 16.7 Å². The van der Waals surface area contributed by atoms with Gasteiger partial charge in [-0.05, 0) is 23.8 Å². The molecule has 2 aromatic carbocycles. The molecule has 0 N–H and O–H groups in total. The van der Waals surface area contributed by atoms with Gasteiger partial charge < -0.3 is 0 Å². The van der Waals surface area contributed by atoms with Crippen LogP contribution in [0.3, 0.4) is 0 Å². The molecule has 0 saturated carbocycles. The lowest BCUT2D eigenvalue weighted by molar-refractivity contribution is -0.385. The van der Waals surface area contributed by atoms with E-state index in [4.69, 9.17) is 34.8 Å². The fourth-order valence-corrected chi connectivity index (χ4v) is 2.23. The third-order valence-electron chi connectivity index (χ3n) is 2.41. The van der Waals surface area contributed by atoms with Crippen LogP contribution in [0.25, 0.3) is 11.1 Å². The molecule has 0 bridgehead atoms. The topological polar surface area (TPSA) is 43.1 Å². The number of non-ortho nitro benzene ring substituents is 1. The SMILES string of the molecule is O=[N+]([O-])c1cc(F)cc(-c2cc(Cl)c(Cl)cc2Cl)c1. The first-order chi connectivity index (χ1) is 8.88. The number of nitro groups is 1. The molecule has 0 atom stereocenters. The molecule has 0 saturated heterocycles. The molecule has 0 unspecified atom stereocenters. The molecule has 0 fully saturated rings. The fourth-order valence-electron chi connectivity index (χ4n) is 1.58. The minimum Gasteiger partial charge on any atom is -0.258 e. The lowest BCUT2D eigenvalue weighted by atomic mass is 10.0. The lowest BCUT2D eigenvalue weighted by Gasteiger charge is -2.07. The van der Waals surface area contributed by atoms with E-state index >= 15 is 0 Å². The Labute approximate surface area is 122 Å². The van der Waals surface area contributed by atoms with Gasteiger partial charge in [0.15, 0.2) is 0 Å². The Morgan fingerprint density at radius 1 is 0.947 bits per heavy atom. The molecule has 0 aliphatic carbocycles. The molecule has 0 heterocycles. The third-order valence-corrected chi connectivity index (χ3v) is 3.45. The van der Waals surface area contributed by atoms with Crippen LogP contribution in [0.5, 0.6) is 0 Å². The van der Waals surface area contributed by atoms with Gasteiger partial charge >= 0.3 is 0 Å². The van der Waals surface area contributed by atoms with E-state index in [0.717, 1.165) is 12.1 Å². The summed E-state index contributed by atoms with van der Waals surface area (Å²) in [6, 6.07) is 6.02. The molecule has 2 aromatic rings. The van der Waals surface area contributed by atoms with Gasteiger partial charge in [-0.1, -0.05) is 34.8 Å². The van der Waals surface area contributed by atoms with Gasteiger partial charge in [-0.25, -0.2) is 4.39 Å². The molecule has 0 aliphatic heterocycles. The van der Waals surface area contributed by atoms with Gasteiger partial charge in [0.1, 0.15) is 5.82 Å². The van der Waals surface area contributed by atoms with E-state index in [1.165, 1.54) is 18.2 Å². The normalized spacial score (nSPS) is 10.5. The molecular formula is C12H5Cl3FNO2. The summed E-state index contributed by atoms with van der Waals surface area (Å²) >= 11 is 17.6. The maximum atomic E-state index is 13.4. The second-order valence-electron chi connectivity index (χ2n) is 3.70. The monoisotopic (exact) mass is 319 g/mol. The van der Waals surface area contributed by atoms with Crippen LogP contribution in [0.15, 0.2) is 30.3 Å². The van der Waals surface area contributed by atoms with Crippen LogP contribution in [0.4, 0.5) is 10.1 Å². The van der Waals surface area contributed by atoms with Crippen molar-refractivity contribution in [3.63, 3.8) is 0 Å². The number of benzene rings is 2. The second-order valence-corrected chi connectivity index (χ2v) is 4.92. The van der Waals surface area contributed by atoms with Crippen LogP contribution < -0.4 is 0 Å². The summed E-state index contributed by atoms with van der Waals surface area (Å²) in [6.07, 6.45) is 0. The van der Waals surface area contributed by atoms with E-state index in [1.54, 1.807) is 0 Å². The van der Waals surface area contributed by atoms with Crippen LogP contribution in [0.1, 0.15) is 0 Å². The van der Waals surface area contributed by atoms with Crippen molar-refractivity contribution in [2.45, 2.75) is 0 Å². The average Bonchev–Trinajstić information content (AvgIpc) is 2.33. The Bertz CT molecular complexity index is 676. The number of hydrogen-bond donors (Lipinski definition) is 0. The van der Waals surface area contributed by atoms with Gasteiger partial charge in [-0.2, -0.15) is 0 Å². The quantitative estimate of drug-likeness (QED) is 0.424. The highest BCUT2D eigenvalue weighted by Crippen LogP contribution is 2.36. The first-order valence-corrected chi connectivity index (χ1v) is 6.12. The Hall–Kier alpha value is -1.36. The van der Waals surface area contributed by atoms with Crippen LogP contribution in [0, 0.1) is 15.9 Å². The van der Waals surface area contributed by atoms with Crippen molar-refractivity contribution < 1.29 is 9.31 Å². The highest BCUT2D eigenvalue weighted by Gasteiger charge is 2.14. The van der Waals surface area contributed by atoms with Gasteiger partial charge in [0.25, 0.3) is 5.69 Å². The summed E-state index contributed by atoms with van der Waals surface area (Å²) in [5.41, 5.74) is 0.270. The molecule has 0 radical (unpaired) electrons. The molecule has 0 amide bonds. The van der Waals surface area contributed by atoms with Crippen LogP contribution >= 0.6 is 34.8 Å². The summed E-state index contributed by atoms with van der Waals surface area (Å²) in [4.78, 5) is 10.0. The number of halogens is 4. The molecule has 7 heteroatoms. The Kier molecular flexibility index (Phi) is 3.94. The number of nitrogens with zero attached hydrogens (tertiary/aromatic N) is 1. The van der Waals surface area contributed by atoms with Gasteiger partial charge in [-0.3, -0.25) is 10.1 Å². The van der Waals surface area contributed by atoms with E-state index in [-0.39, 0.29) is 26.3 Å². The molecule has 2 rings (SSSR count). The average molecular weight is 321 g/mol. The highest BCUT2D eigenvalue weighted by atomic mass is 35.5. The van der Waals surface area contributed by atoms with Crippen molar-refractivity contribution in [3.8, 4) is 11.1 Å². The summed E-state index contributed by atoms with van der Waals surface area (Å²) < 4.78 is 13.4. The molecule has 0 spiro atoms. The van der Waals surface area contributed by atoms with Crippen LogP contribution in [-0.2, 0) is 0 Å². The summed E-state index contributed by atoms with van der Waals surface area (Å²) in [5, 5.41) is 11.4. The van der Waals surface area contributed by atoms with E-state index in [1.807, 2.05) is 0 Å². The molecule has 0 aliphatic rings. The summed E-state index contributed by atoms with van der Waals surface area (Å²) in [6.45, 7) is 0. The minimum absolute atomic E-state index is 0.230. The maximum Gasteiger partial charge on any atom is 0.272 e. The standard InChI is InChI=1S/C12H5Cl3FNO2/c13-10-5-12(15)11(14)4-9(10)6-1-7(16)3-8(2-6)17(18)19/h1-5H. The molecule has 19 heavy (non-hydrogen) atoms. The fraction of sp³-hybridized carbons (Fsp3) is 0. The zero-order chi connectivity index (χ0) is 14.2. The van der Waals surface area contributed by atoms with Gasteiger partial charge in [0.05, 0.1) is 21.0 Å². The predicted molar refractivity (Wildman–Crippen MR) is 73.5 cm³/mol. The minimum atomic E-state index is -0.730. The number of hydrogen-bond acceptors (Lipinski definition) is 2. The van der Waals surface area contributed by atoms with E-state index in [9.17, 15) is 14.5 Å². The Morgan fingerprint density at radius 2 is 1.58 bits per heavy atom. The third kappa shape index (κ3) is 2.97. The maximum absolute atomic E-state index is 13.4.